The fourth-order valence-corrected chi connectivity index (χ4v) is 1.85. The summed E-state index contributed by atoms with van der Waals surface area (Å²) in [5.41, 5.74) is 0. The number of hydrogen-bond donors (Lipinski definition) is 2. The Bertz CT molecular complexity index is 573. The molecule has 22 heavy (non-hydrogen) atoms. The highest BCUT2D eigenvalue weighted by molar-refractivity contribution is 5.79. The minimum Gasteiger partial charge on any atom is -0.469 e. The predicted molar refractivity (Wildman–Crippen MR) is 85.4 cm³/mol. The van der Waals surface area contributed by atoms with Crippen LogP contribution in [0.5, 0.6) is 0 Å². The molecule has 2 aromatic heterocycles. The lowest BCUT2D eigenvalue weighted by Gasteiger charge is -2.13. The highest BCUT2D eigenvalue weighted by atomic mass is 16.3. The van der Waals surface area contributed by atoms with Gasteiger partial charge in [-0.1, -0.05) is 13.8 Å². The zero-order valence-corrected chi connectivity index (χ0v) is 13.4. The van der Waals surface area contributed by atoms with Crippen LogP contribution in [-0.2, 0) is 20.0 Å². The van der Waals surface area contributed by atoms with Crippen molar-refractivity contribution in [2.75, 3.05) is 13.1 Å². The molecule has 0 radical (unpaired) electrons. The molecular weight excluding hydrogens is 280 g/mol. The van der Waals surface area contributed by atoms with Crippen LogP contribution in [0.3, 0.4) is 0 Å². The van der Waals surface area contributed by atoms with Gasteiger partial charge in [0.25, 0.3) is 0 Å². The van der Waals surface area contributed by atoms with Gasteiger partial charge in [0.15, 0.2) is 5.96 Å². The third-order valence-electron chi connectivity index (χ3n) is 3.11. The summed E-state index contributed by atoms with van der Waals surface area (Å²) in [6, 6.07) is 3.87. The van der Waals surface area contributed by atoms with Crippen LogP contribution in [0.1, 0.15) is 25.4 Å². The van der Waals surface area contributed by atoms with E-state index >= 15 is 0 Å². The van der Waals surface area contributed by atoms with Crippen molar-refractivity contribution >= 4 is 5.96 Å². The molecule has 120 valence electrons. The van der Waals surface area contributed by atoms with Crippen molar-refractivity contribution in [2.45, 2.75) is 26.8 Å². The lowest BCUT2D eigenvalue weighted by atomic mass is 10.2. The van der Waals surface area contributed by atoms with Crippen LogP contribution in [0.4, 0.5) is 0 Å². The van der Waals surface area contributed by atoms with Crippen molar-refractivity contribution in [2.24, 2.45) is 18.0 Å². The number of aliphatic imine (C=N–C) groups is 1. The lowest BCUT2D eigenvalue weighted by Crippen LogP contribution is -2.40. The Balaban J connectivity index is 1.88. The van der Waals surface area contributed by atoms with Crippen molar-refractivity contribution in [3.05, 3.63) is 36.3 Å². The molecule has 0 unspecified atom stereocenters. The van der Waals surface area contributed by atoms with Crippen LogP contribution in [-0.4, -0.2) is 33.8 Å². The molecule has 0 aliphatic rings. The molecule has 7 heteroatoms. The molecule has 0 aliphatic heterocycles. The Morgan fingerprint density at radius 2 is 2.27 bits per heavy atom. The van der Waals surface area contributed by atoms with E-state index in [4.69, 9.17) is 4.42 Å². The molecule has 0 saturated carbocycles. The van der Waals surface area contributed by atoms with Crippen LogP contribution in [0.2, 0.25) is 0 Å². The Morgan fingerprint density at radius 3 is 2.91 bits per heavy atom. The van der Waals surface area contributed by atoms with E-state index < -0.39 is 0 Å². The van der Waals surface area contributed by atoms with Gasteiger partial charge < -0.3 is 15.1 Å². The second-order valence-corrected chi connectivity index (χ2v) is 5.50. The first-order valence-electron chi connectivity index (χ1n) is 7.52. The molecule has 0 bridgehead atoms. The number of nitrogens with zero attached hydrogens (tertiary/aromatic N) is 4. The SMILES string of the molecule is CC(C)CNC(=NCc1ncnn1C)NCCc1ccco1. The van der Waals surface area contributed by atoms with E-state index in [0.29, 0.717) is 12.5 Å². The number of hydrogen-bond acceptors (Lipinski definition) is 4. The molecular formula is C15H24N6O. The standard InChI is InChI=1S/C15H24N6O/c1-12(2)9-17-15(16-7-6-13-5-4-8-22-13)18-10-14-19-11-20-21(14)3/h4-5,8,11-12H,6-7,9-10H2,1-3H3,(H2,16,17,18). The van der Waals surface area contributed by atoms with Crippen LogP contribution < -0.4 is 10.6 Å². The normalized spacial score (nSPS) is 11.9. The molecule has 2 aromatic rings. The summed E-state index contributed by atoms with van der Waals surface area (Å²) in [7, 11) is 1.86. The zero-order valence-electron chi connectivity index (χ0n) is 13.4. The molecule has 2 rings (SSSR count). The van der Waals surface area contributed by atoms with E-state index in [0.717, 1.165) is 37.1 Å². The van der Waals surface area contributed by atoms with Crippen LogP contribution >= 0.6 is 0 Å². The fourth-order valence-electron chi connectivity index (χ4n) is 1.85. The van der Waals surface area contributed by atoms with Gasteiger partial charge in [0.2, 0.25) is 0 Å². The van der Waals surface area contributed by atoms with E-state index in [2.05, 4.69) is 39.6 Å². The molecule has 2 heterocycles. The summed E-state index contributed by atoms with van der Waals surface area (Å²) in [5, 5.41) is 10.7. The fraction of sp³-hybridized carbons (Fsp3) is 0.533. The summed E-state index contributed by atoms with van der Waals surface area (Å²) < 4.78 is 7.05. The van der Waals surface area contributed by atoms with E-state index in [-0.39, 0.29) is 0 Å². The molecule has 0 atom stereocenters. The van der Waals surface area contributed by atoms with Gasteiger partial charge in [-0.3, -0.25) is 4.68 Å². The largest absolute Gasteiger partial charge is 0.469 e. The molecule has 0 amide bonds. The second kappa shape index (κ2) is 8.21. The van der Waals surface area contributed by atoms with Gasteiger partial charge in [-0.2, -0.15) is 5.10 Å². The minimum atomic E-state index is 0.491. The highest BCUT2D eigenvalue weighted by Crippen LogP contribution is 1.99. The third-order valence-corrected chi connectivity index (χ3v) is 3.11. The Kier molecular flexibility index (Phi) is 6.00. The predicted octanol–water partition coefficient (Wildman–Crippen LogP) is 1.34. The molecule has 0 fully saturated rings. The van der Waals surface area contributed by atoms with Crippen molar-refractivity contribution in [3.8, 4) is 0 Å². The average molecular weight is 304 g/mol. The van der Waals surface area contributed by atoms with Crippen LogP contribution in [0.15, 0.2) is 34.1 Å². The number of nitrogens with one attached hydrogen (secondary N) is 2. The first kappa shape index (κ1) is 16.1. The molecule has 0 spiro atoms. The summed E-state index contributed by atoms with van der Waals surface area (Å²) in [5.74, 6) is 3.12. The quantitative estimate of drug-likeness (QED) is 0.596. The van der Waals surface area contributed by atoms with E-state index in [9.17, 15) is 0 Å². The Labute approximate surface area is 130 Å². The number of guanidine groups is 1. The van der Waals surface area contributed by atoms with Crippen LogP contribution in [0, 0.1) is 5.92 Å². The number of furan rings is 1. The highest BCUT2D eigenvalue weighted by Gasteiger charge is 2.04. The van der Waals surface area contributed by atoms with Crippen molar-refractivity contribution in [1.82, 2.24) is 25.4 Å². The number of aromatic nitrogens is 3. The minimum absolute atomic E-state index is 0.491. The molecule has 7 nitrogen and oxygen atoms in total. The third kappa shape index (κ3) is 5.23. The van der Waals surface area contributed by atoms with E-state index in [1.807, 2.05) is 19.2 Å². The van der Waals surface area contributed by atoms with Crippen molar-refractivity contribution < 1.29 is 4.42 Å². The van der Waals surface area contributed by atoms with E-state index in [1.54, 1.807) is 10.9 Å². The number of aryl methyl sites for hydroxylation is 1. The van der Waals surface area contributed by atoms with Gasteiger partial charge in [-0.15, -0.1) is 0 Å². The monoisotopic (exact) mass is 304 g/mol. The smallest absolute Gasteiger partial charge is 0.191 e. The summed E-state index contributed by atoms with van der Waals surface area (Å²) in [6.07, 6.45) is 4.05. The van der Waals surface area contributed by atoms with Gasteiger partial charge in [0.05, 0.1) is 6.26 Å². The first-order chi connectivity index (χ1) is 10.6. The van der Waals surface area contributed by atoms with Crippen LogP contribution in [0.25, 0.3) is 0 Å². The summed E-state index contributed by atoms with van der Waals surface area (Å²) in [4.78, 5) is 8.74. The lowest BCUT2D eigenvalue weighted by molar-refractivity contribution is 0.506. The van der Waals surface area contributed by atoms with E-state index in [1.165, 1.54) is 6.33 Å². The molecule has 0 aromatic carbocycles. The zero-order chi connectivity index (χ0) is 15.8. The first-order valence-corrected chi connectivity index (χ1v) is 7.52. The molecule has 0 saturated heterocycles. The number of rotatable bonds is 7. The van der Waals surface area contributed by atoms with Gasteiger partial charge in [-0.25, -0.2) is 9.98 Å². The molecule has 2 N–H and O–H groups in total. The maximum Gasteiger partial charge on any atom is 0.191 e. The van der Waals surface area contributed by atoms with Gasteiger partial charge >= 0.3 is 0 Å². The Morgan fingerprint density at radius 1 is 1.41 bits per heavy atom. The maximum absolute atomic E-state index is 5.33. The topological polar surface area (TPSA) is 80.3 Å². The summed E-state index contributed by atoms with van der Waals surface area (Å²) in [6.45, 7) is 6.44. The van der Waals surface area contributed by atoms with Gasteiger partial charge in [0, 0.05) is 26.6 Å². The van der Waals surface area contributed by atoms with Crippen molar-refractivity contribution in [3.63, 3.8) is 0 Å². The molecule has 0 aliphatic carbocycles. The Hall–Kier alpha value is -2.31. The summed E-state index contributed by atoms with van der Waals surface area (Å²) >= 11 is 0. The van der Waals surface area contributed by atoms with Crippen molar-refractivity contribution in [1.29, 1.82) is 0 Å². The second-order valence-electron chi connectivity index (χ2n) is 5.50. The van der Waals surface area contributed by atoms with Gasteiger partial charge in [0.1, 0.15) is 24.5 Å². The van der Waals surface area contributed by atoms with Gasteiger partial charge in [-0.05, 0) is 18.1 Å². The average Bonchev–Trinajstić information content (AvgIpc) is 3.13. The maximum atomic E-state index is 5.33.